The lowest BCUT2D eigenvalue weighted by atomic mass is 10.0. The standard InChI is InChI=1S/C33H42ClN3O4S/c1-24(2)22-35-33(39)31(21-27-10-7-6-8-11-27)36(23-28-13-15-29(34)16-14-28)32(38)12-9-17-37(42(5,40)41)30-19-25(3)18-26(4)20-30/h6-8,10-11,13-16,18-20,24,31H,9,12,17,21-23H2,1-5H3,(H,35,39)/t31-/m1/s1. The molecule has 0 radical (unpaired) electrons. The van der Waals surface area contributed by atoms with E-state index in [1.54, 1.807) is 17.0 Å². The van der Waals surface area contributed by atoms with Crippen LogP contribution in [0.25, 0.3) is 0 Å². The maximum atomic E-state index is 13.9. The predicted octanol–water partition coefficient (Wildman–Crippen LogP) is 5.92. The van der Waals surface area contributed by atoms with Crippen molar-refractivity contribution in [1.29, 1.82) is 0 Å². The van der Waals surface area contributed by atoms with E-state index in [4.69, 9.17) is 11.6 Å². The number of sulfonamides is 1. The van der Waals surface area contributed by atoms with Gasteiger partial charge in [0.25, 0.3) is 0 Å². The molecule has 3 aromatic rings. The number of aryl methyl sites for hydroxylation is 2. The number of nitrogens with one attached hydrogen (secondary N) is 1. The third kappa shape index (κ3) is 10.2. The minimum absolute atomic E-state index is 0.0765. The zero-order valence-electron chi connectivity index (χ0n) is 25.1. The highest BCUT2D eigenvalue weighted by molar-refractivity contribution is 7.92. The summed E-state index contributed by atoms with van der Waals surface area (Å²) in [7, 11) is -3.58. The highest BCUT2D eigenvalue weighted by atomic mass is 35.5. The van der Waals surface area contributed by atoms with Gasteiger partial charge in [0.1, 0.15) is 6.04 Å². The Kier molecular flexibility index (Phi) is 12.0. The topological polar surface area (TPSA) is 86.8 Å². The Hall–Kier alpha value is -3.36. The molecule has 0 bridgehead atoms. The molecule has 3 rings (SSSR count). The molecule has 7 nitrogen and oxygen atoms in total. The van der Waals surface area contributed by atoms with Crippen LogP contribution in [-0.2, 0) is 32.6 Å². The fraction of sp³-hybridized carbons (Fsp3) is 0.394. The molecule has 9 heteroatoms. The van der Waals surface area contributed by atoms with Crippen LogP contribution in [0, 0.1) is 19.8 Å². The second-order valence-corrected chi connectivity index (χ2v) is 13.6. The van der Waals surface area contributed by atoms with Crippen molar-refractivity contribution in [2.75, 3.05) is 23.7 Å². The third-order valence-corrected chi connectivity index (χ3v) is 8.31. The fourth-order valence-corrected chi connectivity index (χ4v) is 5.94. The van der Waals surface area contributed by atoms with Crippen molar-refractivity contribution >= 4 is 39.1 Å². The van der Waals surface area contributed by atoms with Gasteiger partial charge in [0.15, 0.2) is 0 Å². The summed E-state index contributed by atoms with van der Waals surface area (Å²) in [5.74, 6) is -0.193. The second-order valence-electron chi connectivity index (χ2n) is 11.3. The first-order valence-corrected chi connectivity index (χ1v) is 16.5. The summed E-state index contributed by atoms with van der Waals surface area (Å²) in [5.41, 5.74) is 4.28. The first kappa shape index (κ1) is 33.1. The Morgan fingerprint density at radius 2 is 1.52 bits per heavy atom. The molecule has 0 unspecified atom stereocenters. The van der Waals surface area contributed by atoms with Crippen molar-refractivity contribution < 1.29 is 18.0 Å². The normalized spacial score (nSPS) is 12.2. The molecule has 0 fully saturated rings. The Bertz CT molecular complexity index is 1420. The van der Waals surface area contributed by atoms with Crippen molar-refractivity contribution in [2.45, 2.75) is 59.5 Å². The SMILES string of the molecule is Cc1cc(C)cc(N(CCCC(=O)N(Cc2ccc(Cl)cc2)[C@H](Cc2ccccc2)C(=O)NCC(C)C)S(C)(=O)=O)c1. The van der Waals surface area contributed by atoms with Gasteiger partial charge in [-0.05, 0) is 72.7 Å². The molecule has 226 valence electrons. The van der Waals surface area contributed by atoms with Gasteiger partial charge in [-0.25, -0.2) is 8.42 Å². The van der Waals surface area contributed by atoms with E-state index in [1.807, 2.05) is 88.4 Å². The molecule has 0 aliphatic heterocycles. The largest absolute Gasteiger partial charge is 0.354 e. The van der Waals surface area contributed by atoms with Gasteiger partial charge in [-0.15, -0.1) is 0 Å². The van der Waals surface area contributed by atoms with Crippen molar-refractivity contribution in [3.05, 3.63) is 100 Å². The number of amides is 2. The molecule has 1 atom stereocenters. The van der Waals surface area contributed by atoms with E-state index in [-0.39, 0.29) is 37.2 Å². The molecule has 0 saturated carbocycles. The number of carbonyl (C=O) groups is 2. The zero-order valence-corrected chi connectivity index (χ0v) is 26.7. The van der Waals surface area contributed by atoms with Crippen molar-refractivity contribution in [3.8, 4) is 0 Å². The van der Waals surface area contributed by atoms with Crippen LogP contribution in [0.15, 0.2) is 72.8 Å². The van der Waals surface area contributed by atoms with Gasteiger partial charge in [0.05, 0.1) is 11.9 Å². The van der Waals surface area contributed by atoms with Crippen LogP contribution in [0.4, 0.5) is 5.69 Å². The lowest BCUT2D eigenvalue weighted by molar-refractivity contribution is -0.141. The molecule has 0 heterocycles. The summed E-state index contributed by atoms with van der Waals surface area (Å²) in [4.78, 5) is 29.1. The Balaban J connectivity index is 1.89. The molecule has 0 aliphatic carbocycles. The van der Waals surface area contributed by atoms with Gasteiger partial charge in [-0.3, -0.25) is 13.9 Å². The lowest BCUT2D eigenvalue weighted by Gasteiger charge is -2.32. The van der Waals surface area contributed by atoms with Gasteiger partial charge in [0.2, 0.25) is 21.8 Å². The maximum absolute atomic E-state index is 13.9. The summed E-state index contributed by atoms with van der Waals surface area (Å²) >= 11 is 6.11. The number of hydrogen-bond acceptors (Lipinski definition) is 4. The van der Waals surface area contributed by atoms with Crippen molar-refractivity contribution in [3.63, 3.8) is 0 Å². The monoisotopic (exact) mass is 611 g/mol. The number of anilines is 1. The molecule has 0 aromatic heterocycles. The van der Waals surface area contributed by atoms with Crippen LogP contribution in [0.5, 0.6) is 0 Å². The number of halogens is 1. The molecule has 3 aromatic carbocycles. The van der Waals surface area contributed by atoms with Gasteiger partial charge in [-0.2, -0.15) is 0 Å². The lowest BCUT2D eigenvalue weighted by Crippen LogP contribution is -2.51. The molecule has 42 heavy (non-hydrogen) atoms. The van der Waals surface area contributed by atoms with E-state index in [0.29, 0.717) is 30.1 Å². The first-order chi connectivity index (χ1) is 19.8. The number of nitrogens with zero attached hydrogens (tertiary/aromatic N) is 2. The summed E-state index contributed by atoms with van der Waals surface area (Å²) in [6, 6.07) is 21.7. The van der Waals surface area contributed by atoms with Gasteiger partial charge >= 0.3 is 0 Å². The smallest absolute Gasteiger partial charge is 0.243 e. The predicted molar refractivity (Wildman–Crippen MR) is 171 cm³/mol. The quantitative estimate of drug-likeness (QED) is 0.245. The number of rotatable bonds is 14. The Morgan fingerprint density at radius 1 is 0.905 bits per heavy atom. The second kappa shape index (κ2) is 15.2. The first-order valence-electron chi connectivity index (χ1n) is 14.2. The summed E-state index contributed by atoms with van der Waals surface area (Å²) in [5, 5.41) is 3.60. The third-order valence-electron chi connectivity index (χ3n) is 6.87. The number of hydrogen-bond donors (Lipinski definition) is 1. The van der Waals surface area contributed by atoms with E-state index in [2.05, 4.69) is 5.32 Å². The summed E-state index contributed by atoms with van der Waals surface area (Å²) in [6.45, 7) is 8.74. The highest BCUT2D eigenvalue weighted by Crippen LogP contribution is 2.23. The average molecular weight is 612 g/mol. The molecule has 2 amide bonds. The number of benzene rings is 3. The molecule has 1 N–H and O–H groups in total. The molecule has 0 aliphatic rings. The summed E-state index contributed by atoms with van der Waals surface area (Å²) in [6.07, 6.45) is 1.89. The molecular formula is C33H42ClN3O4S. The minimum atomic E-state index is -3.58. The van der Waals surface area contributed by atoms with E-state index in [9.17, 15) is 18.0 Å². The van der Waals surface area contributed by atoms with Gasteiger partial charge in [-0.1, -0.05) is 74.0 Å². The minimum Gasteiger partial charge on any atom is -0.354 e. The highest BCUT2D eigenvalue weighted by Gasteiger charge is 2.30. The average Bonchev–Trinajstić information content (AvgIpc) is 2.91. The van der Waals surface area contributed by atoms with E-state index >= 15 is 0 Å². The van der Waals surface area contributed by atoms with Crippen LogP contribution in [0.3, 0.4) is 0 Å². The van der Waals surface area contributed by atoms with E-state index in [1.165, 1.54) is 10.6 Å². The van der Waals surface area contributed by atoms with Gasteiger partial charge < -0.3 is 10.2 Å². The Labute approximate surface area is 255 Å². The van der Waals surface area contributed by atoms with Crippen molar-refractivity contribution in [2.24, 2.45) is 5.92 Å². The molecule has 0 saturated heterocycles. The molecule has 0 spiro atoms. The van der Waals surface area contributed by atoms with Crippen LogP contribution >= 0.6 is 11.6 Å². The van der Waals surface area contributed by atoms with E-state index < -0.39 is 16.1 Å². The van der Waals surface area contributed by atoms with Crippen molar-refractivity contribution in [1.82, 2.24) is 10.2 Å². The summed E-state index contributed by atoms with van der Waals surface area (Å²) < 4.78 is 26.8. The fourth-order valence-electron chi connectivity index (χ4n) is 4.86. The zero-order chi connectivity index (χ0) is 30.9. The van der Waals surface area contributed by atoms with Crippen LogP contribution < -0.4 is 9.62 Å². The Morgan fingerprint density at radius 3 is 2.10 bits per heavy atom. The van der Waals surface area contributed by atoms with Crippen LogP contribution in [0.2, 0.25) is 5.02 Å². The maximum Gasteiger partial charge on any atom is 0.243 e. The van der Waals surface area contributed by atoms with E-state index in [0.717, 1.165) is 22.3 Å². The number of carbonyl (C=O) groups excluding carboxylic acids is 2. The van der Waals surface area contributed by atoms with Crippen LogP contribution in [0.1, 0.15) is 48.9 Å². The van der Waals surface area contributed by atoms with Crippen LogP contribution in [-0.4, -0.2) is 50.5 Å². The van der Waals surface area contributed by atoms with Gasteiger partial charge in [0, 0.05) is 37.5 Å². The molecular weight excluding hydrogens is 570 g/mol.